The number of aryl methyl sites for hydroxylation is 1. The second-order valence-corrected chi connectivity index (χ2v) is 4.00. The molecule has 13 heavy (non-hydrogen) atoms. The summed E-state index contributed by atoms with van der Waals surface area (Å²) in [6.07, 6.45) is 1.07. The average molecular weight is 235 g/mol. The lowest BCUT2D eigenvalue weighted by atomic mass is 10.1. The Labute approximate surface area is 86.7 Å². The van der Waals surface area contributed by atoms with Crippen molar-refractivity contribution < 1.29 is 0 Å². The number of hydrogen-bond donors (Lipinski definition) is 0. The minimum absolute atomic E-state index is 1.07. The van der Waals surface area contributed by atoms with Gasteiger partial charge in [-0.15, -0.1) is 0 Å². The average Bonchev–Trinajstić information content (AvgIpc) is 2.17. The number of fused-ring (bicyclic) bond motifs is 1. The van der Waals surface area contributed by atoms with Crippen LogP contribution in [0.25, 0.3) is 10.8 Å². The van der Waals surface area contributed by atoms with Crippen LogP contribution in [0.5, 0.6) is 0 Å². The second kappa shape index (κ2) is 3.51. The molecule has 0 saturated carbocycles. The van der Waals surface area contributed by atoms with Crippen LogP contribution in [0.1, 0.15) is 12.5 Å². The van der Waals surface area contributed by atoms with Crippen molar-refractivity contribution in [2.24, 2.45) is 0 Å². The normalized spacial score (nSPS) is 10.6. The van der Waals surface area contributed by atoms with Gasteiger partial charge in [-0.2, -0.15) is 0 Å². The van der Waals surface area contributed by atoms with Crippen molar-refractivity contribution in [3.63, 3.8) is 0 Å². The molecule has 0 radical (unpaired) electrons. The first-order chi connectivity index (χ1) is 6.31. The first kappa shape index (κ1) is 8.76. The van der Waals surface area contributed by atoms with Crippen LogP contribution < -0.4 is 0 Å². The van der Waals surface area contributed by atoms with E-state index in [0.29, 0.717) is 0 Å². The van der Waals surface area contributed by atoms with E-state index in [1.807, 2.05) is 0 Å². The molecule has 0 atom stereocenters. The van der Waals surface area contributed by atoms with Crippen LogP contribution in [0.2, 0.25) is 0 Å². The molecule has 0 N–H and O–H groups in total. The SMILES string of the molecule is CCc1cc2ccccc2cc1Br. The maximum absolute atomic E-state index is 3.58. The van der Waals surface area contributed by atoms with Crippen LogP contribution in [0.4, 0.5) is 0 Å². The molecule has 1 heteroatoms. The minimum atomic E-state index is 1.07. The minimum Gasteiger partial charge on any atom is -0.0616 e. The predicted octanol–water partition coefficient (Wildman–Crippen LogP) is 4.16. The second-order valence-electron chi connectivity index (χ2n) is 3.14. The summed E-state index contributed by atoms with van der Waals surface area (Å²) in [5.74, 6) is 0. The van der Waals surface area contributed by atoms with Crippen LogP contribution in [0.3, 0.4) is 0 Å². The van der Waals surface area contributed by atoms with Gasteiger partial charge >= 0.3 is 0 Å². The van der Waals surface area contributed by atoms with Gasteiger partial charge in [0.15, 0.2) is 0 Å². The lowest BCUT2D eigenvalue weighted by Crippen LogP contribution is -1.82. The van der Waals surface area contributed by atoms with E-state index in [2.05, 4.69) is 59.3 Å². The predicted molar refractivity (Wildman–Crippen MR) is 61.0 cm³/mol. The molecule has 2 aromatic carbocycles. The lowest BCUT2D eigenvalue weighted by Gasteiger charge is -2.03. The van der Waals surface area contributed by atoms with Gasteiger partial charge in [-0.25, -0.2) is 0 Å². The summed E-state index contributed by atoms with van der Waals surface area (Å²) in [4.78, 5) is 0. The van der Waals surface area contributed by atoms with Crippen molar-refractivity contribution in [2.45, 2.75) is 13.3 Å². The molecule has 0 aliphatic carbocycles. The topological polar surface area (TPSA) is 0 Å². The maximum Gasteiger partial charge on any atom is 0.0213 e. The molecule has 0 bridgehead atoms. The highest BCUT2D eigenvalue weighted by Gasteiger charge is 1.99. The Hall–Kier alpha value is -0.820. The first-order valence-electron chi connectivity index (χ1n) is 4.48. The van der Waals surface area contributed by atoms with Gasteiger partial charge in [0, 0.05) is 4.47 Å². The number of benzene rings is 2. The van der Waals surface area contributed by atoms with Crippen molar-refractivity contribution >= 4 is 26.7 Å². The zero-order valence-electron chi connectivity index (χ0n) is 7.55. The molecule has 0 spiro atoms. The van der Waals surface area contributed by atoms with E-state index in [1.54, 1.807) is 0 Å². The van der Waals surface area contributed by atoms with Crippen LogP contribution in [0, 0.1) is 0 Å². The molecule has 0 aliphatic heterocycles. The summed E-state index contributed by atoms with van der Waals surface area (Å²) >= 11 is 3.58. The molecule has 0 amide bonds. The Morgan fingerprint density at radius 3 is 2.31 bits per heavy atom. The van der Waals surface area contributed by atoms with E-state index in [4.69, 9.17) is 0 Å². The van der Waals surface area contributed by atoms with E-state index in [1.165, 1.54) is 20.8 Å². The Bertz CT molecular complexity index is 432. The molecule has 2 rings (SSSR count). The van der Waals surface area contributed by atoms with E-state index in [0.717, 1.165) is 6.42 Å². The van der Waals surface area contributed by atoms with E-state index >= 15 is 0 Å². The van der Waals surface area contributed by atoms with Crippen molar-refractivity contribution in [1.82, 2.24) is 0 Å². The van der Waals surface area contributed by atoms with Gasteiger partial charge in [-0.1, -0.05) is 53.2 Å². The molecule has 0 heterocycles. The van der Waals surface area contributed by atoms with Crippen molar-refractivity contribution in [3.05, 3.63) is 46.4 Å². The zero-order valence-corrected chi connectivity index (χ0v) is 9.14. The first-order valence-corrected chi connectivity index (χ1v) is 5.27. The van der Waals surface area contributed by atoms with Crippen LogP contribution in [0.15, 0.2) is 40.9 Å². The molecule has 0 unspecified atom stereocenters. The molecule has 0 aromatic heterocycles. The molecule has 0 aliphatic rings. The van der Waals surface area contributed by atoms with E-state index in [9.17, 15) is 0 Å². The standard InChI is InChI=1S/C12H11Br/c1-2-9-7-10-5-3-4-6-11(10)8-12(9)13/h3-8H,2H2,1H3. The Balaban J connectivity index is 2.74. The quantitative estimate of drug-likeness (QED) is 0.696. The van der Waals surface area contributed by atoms with Crippen LogP contribution in [-0.2, 0) is 6.42 Å². The number of halogens is 1. The van der Waals surface area contributed by atoms with Gasteiger partial charge in [0.1, 0.15) is 0 Å². The summed E-state index contributed by atoms with van der Waals surface area (Å²) in [5, 5.41) is 2.62. The molecule has 0 fully saturated rings. The van der Waals surface area contributed by atoms with Crippen molar-refractivity contribution in [3.8, 4) is 0 Å². The largest absolute Gasteiger partial charge is 0.0616 e. The van der Waals surface area contributed by atoms with Gasteiger partial charge in [0.2, 0.25) is 0 Å². The fraction of sp³-hybridized carbons (Fsp3) is 0.167. The fourth-order valence-electron chi connectivity index (χ4n) is 1.53. The van der Waals surface area contributed by atoms with Gasteiger partial charge in [0.25, 0.3) is 0 Å². The third kappa shape index (κ3) is 1.61. The fourth-order valence-corrected chi connectivity index (χ4v) is 2.17. The third-order valence-electron chi connectivity index (χ3n) is 2.30. The molecular formula is C12H11Br. The molecule has 2 aromatic rings. The Morgan fingerprint density at radius 1 is 1.08 bits per heavy atom. The van der Waals surface area contributed by atoms with Gasteiger partial charge < -0.3 is 0 Å². The van der Waals surface area contributed by atoms with Gasteiger partial charge in [-0.3, -0.25) is 0 Å². The highest BCUT2D eigenvalue weighted by Crippen LogP contribution is 2.24. The van der Waals surface area contributed by atoms with Gasteiger partial charge in [-0.05, 0) is 28.8 Å². The maximum atomic E-state index is 3.58. The van der Waals surface area contributed by atoms with Crippen molar-refractivity contribution in [2.75, 3.05) is 0 Å². The molecule has 0 nitrogen and oxygen atoms in total. The third-order valence-corrected chi connectivity index (χ3v) is 3.03. The highest BCUT2D eigenvalue weighted by molar-refractivity contribution is 9.10. The van der Waals surface area contributed by atoms with E-state index in [-0.39, 0.29) is 0 Å². The summed E-state index contributed by atoms with van der Waals surface area (Å²) < 4.78 is 1.22. The van der Waals surface area contributed by atoms with Crippen LogP contribution >= 0.6 is 15.9 Å². The van der Waals surface area contributed by atoms with Crippen molar-refractivity contribution in [1.29, 1.82) is 0 Å². The van der Waals surface area contributed by atoms with E-state index < -0.39 is 0 Å². The summed E-state index contributed by atoms with van der Waals surface area (Å²) in [6, 6.07) is 12.9. The Morgan fingerprint density at radius 2 is 1.69 bits per heavy atom. The summed E-state index contributed by atoms with van der Waals surface area (Å²) in [5.41, 5.74) is 1.37. The Kier molecular flexibility index (Phi) is 2.36. The molecule has 66 valence electrons. The summed E-state index contributed by atoms with van der Waals surface area (Å²) in [7, 11) is 0. The smallest absolute Gasteiger partial charge is 0.0213 e. The molecular weight excluding hydrogens is 224 g/mol. The number of rotatable bonds is 1. The highest BCUT2D eigenvalue weighted by atomic mass is 79.9. The molecule has 0 saturated heterocycles. The van der Waals surface area contributed by atoms with Gasteiger partial charge in [0.05, 0.1) is 0 Å². The monoisotopic (exact) mass is 234 g/mol. The summed E-state index contributed by atoms with van der Waals surface area (Å²) in [6.45, 7) is 2.18. The zero-order chi connectivity index (χ0) is 9.26. The lowest BCUT2D eigenvalue weighted by molar-refractivity contribution is 1.13. The number of hydrogen-bond acceptors (Lipinski definition) is 0. The van der Waals surface area contributed by atoms with Crippen LogP contribution in [-0.4, -0.2) is 0 Å².